The Morgan fingerprint density at radius 3 is 2.56 bits per heavy atom. The van der Waals surface area contributed by atoms with Crippen molar-refractivity contribution in [1.82, 2.24) is 9.66 Å². The van der Waals surface area contributed by atoms with E-state index in [1.807, 2.05) is 48.5 Å². The number of furan rings is 1. The van der Waals surface area contributed by atoms with E-state index in [9.17, 15) is 10.1 Å². The van der Waals surface area contributed by atoms with Gasteiger partial charge < -0.3 is 18.6 Å². The molecular formula is C36H28N4O5. The lowest BCUT2D eigenvalue weighted by Gasteiger charge is -2.16. The van der Waals surface area contributed by atoms with Crippen molar-refractivity contribution < 1.29 is 18.6 Å². The molecular weight excluding hydrogens is 568 g/mol. The molecule has 2 aromatic heterocycles. The highest BCUT2D eigenvalue weighted by molar-refractivity contribution is 5.89. The van der Waals surface area contributed by atoms with Crippen LogP contribution in [0.15, 0.2) is 112 Å². The molecule has 2 heterocycles. The molecule has 0 saturated carbocycles. The summed E-state index contributed by atoms with van der Waals surface area (Å²) in [7, 11) is 3.14. The molecule has 6 rings (SSSR count). The molecule has 222 valence electrons. The van der Waals surface area contributed by atoms with Crippen molar-refractivity contribution in [3.63, 3.8) is 0 Å². The second-order valence-corrected chi connectivity index (χ2v) is 10.1. The van der Waals surface area contributed by atoms with Crippen molar-refractivity contribution in [1.29, 1.82) is 5.26 Å². The third-order valence-electron chi connectivity index (χ3n) is 7.29. The van der Waals surface area contributed by atoms with Crippen LogP contribution in [0.3, 0.4) is 0 Å². The Morgan fingerprint density at radius 2 is 1.76 bits per heavy atom. The van der Waals surface area contributed by atoms with Crippen molar-refractivity contribution in [3.8, 4) is 34.9 Å². The first kappa shape index (κ1) is 29.0. The van der Waals surface area contributed by atoms with E-state index in [0.29, 0.717) is 57.0 Å². The third kappa shape index (κ3) is 5.65. The van der Waals surface area contributed by atoms with Gasteiger partial charge in [-0.05, 0) is 60.5 Å². The fraction of sp³-hybridized carbons (Fsp3) is 0.111. The molecule has 0 radical (unpaired) electrons. The molecule has 4 aromatic carbocycles. The molecule has 0 saturated heterocycles. The normalized spacial score (nSPS) is 11.1. The van der Waals surface area contributed by atoms with E-state index in [1.165, 1.54) is 4.68 Å². The van der Waals surface area contributed by atoms with Crippen LogP contribution in [0.4, 0.5) is 0 Å². The second-order valence-electron chi connectivity index (χ2n) is 10.1. The maximum atomic E-state index is 13.8. The van der Waals surface area contributed by atoms with Gasteiger partial charge in [0.25, 0.3) is 5.56 Å². The number of aromatic nitrogens is 2. The molecule has 9 heteroatoms. The first-order valence-electron chi connectivity index (χ1n) is 14.1. The summed E-state index contributed by atoms with van der Waals surface area (Å²) in [6, 6.07) is 27.5. The number of rotatable bonds is 10. The second kappa shape index (κ2) is 12.6. The van der Waals surface area contributed by atoms with Gasteiger partial charge in [0.2, 0.25) is 5.82 Å². The summed E-state index contributed by atoms with van der Waals surface area (Å²) in [4.78, 5) is 18.5. The summed E-state index contributed by atoms with van der Waals surface area (Å²) >= 11 is 0. The SMILES string of the molecule is C=CCc1cc(C=Nn2c(-c3cc4c(OC)cccc4o3)nc3ccccc3c2=O)cc(OC)c1OCc1ccccc1C#N. The van der Waals surface area contributed by atoms with E-state index >= 15 is 0 Å². The van der Waals surface area contributed by atoms with Crippen LogP contribution in [0.25, 0.3) is 33.5 Å². The van der Waals surface area contributed by atoms with Crippen LogP contribution in [0.1, 0.15) is 22.3 Å². The lowest BCUT2D eigenvalue weighted by molar-refractivity contribution is 0.281. The Bertz CT molecular complexity index is 2190. The van der Waals surface area contributed by atoms with E-state index in [-0.39, 0.29) is 18.0 Å². The van der Waals surface area contributed by atoms with Gasteiger partial charge in [-0.25, -0.2) is 4.98 Å². The van der Waals surface area contributed by atoms with E-state index in [1.54, 1.807) is 62.9 Å². The predicted octanol–water partition coefficient (Wildman–Crippen LogP) is 6.89. The van der Waals surface area contributed by atoms with Crippen molar-refractivity contribution in [3.05, 3.63) is 130 Å². The Hall–Kier alpha value is -6.14. The van der Waals surface area contributed by atoms with Gasteiger partial charge in [-0.1, -0.05) is 42.5 Å². The molecule has 0 fully saturated rings. The smallest absolute Gasteiger partial charge is 0.282 e. The molecule has 0 amide bonds. The molecule has 6 aromatic rings. The molecule has 0 bridgehead atoms. The lowest BCUT2D eigenvalue weighted by Crippen LogP contribution is -2.20. The summed E-state index contributed by atoms with van der Waals surface area (Å²) in [5, 5.41) is 15.2. The molecule has 45 heavy (non-hydrogen) atoms. The third-order valence-corrected chi connectivity index (χ3v) is 7.29. The minimum atomic E-state index is -0.353. The van der Waals surface area contributed by atoms with Crippen LogP contribution < -0.4 is 19.8 Å². The van der Waals surface area contributed by atoms with Gasteiger partial charge in [0.15, 0.2) is 17.3 Å². The topological polar surface area (TPSA) is 112 Å². The quantitative estimate of drug-likeness (QED) is 0.125. The van der Waals surface area contributed by atoms with Gasteiger partial charge in [0.1, 0.15) is 17.9 Å². The highest BCUT2D eigenvalue weighted by Crippen LogP contribution is 2.35. The van der Waals surface area contributed by atoms with Crippen LogP contribution in [-0.2, 0) is 13.0 Å². The number of methoxy groups -OCH3 is 2. The zero-order valence-electron chi connectivity index (χ0n) is 24.7. The largest absolute Gasteiger partial charge is 0.496 e. The zero-order valence-corrected chi connectivity index (χ0v) is 24.7. The maximum Gasteiger partial charge on any atom is 0.282 e. The van der Waals surface area contributed by atoms with Crippen LogP contribution >= 0.6 is 0 Å². The number of para-hydroxylation sites is 1. The molecule has 0 atom stereocenters. The molecule has 0 aliphatic heterocycles. The van der Waals surface area contributed by atoms with E-state index in [2.05, 4.69) is 17.7 Å². The fourth-order valence-corrected chi connectivity index (χ4v) is 5.12. The molecule has 0 aliphatic rings. The Balaban J connectivity index is 1.44. The van der Waals surface area contributed by atoms with Gasteiger partial charge >= 0.3 is 0 Å². The highest BCUT2D eigenvalue weighted by atomic mass is 16.5. The van der Waals surface area contributed by atoms with Gasteiger partial charge in [0.05, 0.1) is 48.4 Å². The summed E-state index contributed by atoms with van der Waals surface area (Å²) in [5.41, 5.74) is 3.52. The first-order valence-corrected chi connectivity index (χ1v) is 14.1. The number of nitrogens with zero attached hydrogens (tertiary/aromatic N) is 4. The van der Waals surface area contributed by atoms with Gasteiger partial charge in [-0.3, -0.25) is 4.79 Å². The van der Waals surface area contributed by atoms with Crippen LogP contribution in [0.2, 0.25) is 0 Å². The zero-order chi connectivity index (χ0) is 31.3. The molecule has 0 unspecified atom stereocenters. The minimum absolute atomic E-state index is 0.182. The van der Waals surface area contributed by atoms with Gasteiger partial charge in [0, 0.05) is 11.1 Å². The van der Waals surface area contributed by atoms with Gasteiger partial charge in [-0.15, -0.1) is 6.58 Å². The Morgan fingerprint density at radius 1 is 0.956 bits per heavy atom. The average Bonchev–Trinajstić information content (AvgIpc) is 3.52. The summed E-state index contributed by atoms with van der Waals surface area (Å²) in [5.74, 6) is 2.24. The van der Waals surface area contributed by atoms with Crippen molar-refractivity contribution in [2.75, 3.05) is 14.2 Å². The summed E-state index contributed by atoms with van der Waals surface area (Å²) in [6.07, 6.45) is 3.81. The van der Waals surface area contributed by atoms with E-state index in [4.69, 9.17) is 23.6 Å². The first-order chi connectivity index (χ1) is 22.0. The number of fused-ring (bicyclic) bond motifs is 2. The molecule has 0 spiro atoms. The van der Waals surface area contributed by atoms with Crippen molar-refractivity contribution >= 4 is 28.1 Å². The fourth-order valence-electron chi connectivity index (χ4n) is 5.12. The van der Waals surface area contributed by atoms with Gasteiger partial charge in [-0.2, -0.15) is 15.0 Å². The highest BCUT2D eigenvalue weighted by Gasteiger charge is 2.19. The molecule has 9 nitrogen and oxygen atoms in total. The molecule has 0 aliphatic carbocycles. The monoisotopic (exact) mass is 596 g/mol. The number of hydrogen-bond donors (Lipinski definition) is 0. The standard InChI is InChI=1S/C36H28N4O5/c1-4-10-24-17-23(18-32(43-3)34(24)44-22-26-12-6-5-11-25(26)20-37)21-38-40-35(39-29-14-8-7-13-27(29)36(40)41)33-19-28-30(42-2)15-9-16-31(28)45-33/h4-9,11-19,21H,1,10,22H2,2-3H3. The summed E-state index contributed by atoms with van der Waals surface area (Å²) < 4.78 is 24.8. The Labute approximate surface area is 258 Å². The van der Waals surface area contributed by atoms with Crippen molar-refractivity contribution in [2.45, 2.75) is 13.0 Å². The number of benzene rings is 4. The number of hydrogen-bond acceptors (Lipinski definition) is 8. The lowest BCUT2D eigenvalue weighted by atomic mass is 10.1. The van der Waals surface area contributed by atoms with E-state index in [0.717, 1.165) is 16.5 Å². The van der Waals surface area contributed by atoms with Crippen LogP contribution in [0.5, 0.6) is 17.2 Å². The average molecular weight is 597 g/mol. The number of nitriles is 1. The Kier molecular flexibility index (Phi) is 8.12. The van der Waals surface area contributed by atoms with Crippen LogP contribution in [-0.4, -0.2) is 30.1 Å². The molecule has 0 N–H and O–H groups in total. The minimum Gasteiger partial charge on any atom is -0.496 e. The predicted molar refractivity (Wildman–Crippen MR) is 173 cm³/mol. The van der Waals surface area contributed by atoms with E-state index < -0.39 is 0 Å². The number of ether oxygens (including phenoxy) is 3. The summed E-state index contributed by atoms with van der Waals surface area (Å²) in [6.45, 7) is 4.07. The maximum absolute atomic E-state index is 13.8. The van der Waals surface area contributed by atoms with Crippen molar-refractivity contribution in [2.24, 2.45) is 5.10 Å². The van der Waals surface area contributed by atoms with Crippen LogP contribution in [0, 0.1) is 11.3 Å². The number of allylic oxidation sites excluding steroid dienone is 1.